The molecular weight excluding hydrogens is 190 g/mol. The average Bonchev–Trinajstić information content (AvgIpc) is 2.20. The maximum absolute atomic E-state index is 10.4. The summed E-state index contributed by atoms with van der Waals surface area (Å²) in [4.78, 5) is 12.8. The first kappa shape index (κ1) is 12.1. The van der Waals surface area contributed by atoms with Gasteiger partial charge in [-0.1, -0.05) is 18.8 Å². The molecule has 0 unspecified atom stereocenters. The number of likely N-dealkylation sites (tertiary alicyclic amines) is 1. The molecule has 0 aromatic heterocycles. The number of hydrogen-bond donors (Lipinski definition) is 0. The molecule has 1 saturated heterocycles. The molecule has 3 heteroatoms. The second kappa shape index (κ2) is 6.47. The number of piperidine rings is 1. The standard InChI is InChI=1S/C12H19NO2/c1-11-5-8-13(9-6-11)7-3-4-10-15-12(2)14/h11H,5-10H2,1-2H3. The van der Waals surface area contributed by atoms with E-state index in [1.165, 1.54) is 19.8 Å². The third-order valence-corrected chi connectivity index (χ3v) is 2.65. The SMILES string of the molecule is CC(=O)OCC#CCN1CCC(C)CC1. The first-order valence-electron chi connectivity index (χ1n) is 5.50. The highest BCUT2D eigenvalue weighted by Crippen LogP contribution is 2.14. The topological polar surface area (TPSA) is 29.5 Å². The fourth-order valence-electron chi connectivity index (χ4n) is 1.58. The normalized spacial score (nSPS) is 18.0. The predicted octanol–water partition coefficient (Wildman–Crippen LogP) is 1.28. The lowest BCUT2D eigenvalue weighted by Crippen LogP contribution is -2.33. The Kier molecular flexibility index (Phi) is 5.20. The van der Waals surface area contributed by atoms with Crippen molar-refractivity contribution in [2.45, 2.75) is 26.7 Å². The molecule has 1 fully saturated rings. The Morgan fingerprint density at radius 2 is 2.07 bits per heavy atom. The summed E-state index contributed by atoms with van der Waals surface area (Å²) in [5, 5.41) is 0. The molecular formula is C12H19NO2. The molecule has 0 bridgehead atoms. The van der Waals surface area contributed by atoms with Crippen LogP contribution in [0.4, 0.5) is 0 Å². The van der Waals surface area contributed by atoms with E-state index in [9.17, 15) is 4.79 Å². The first-order valence-corrected chi connectivity index (χ1v) is 5.50. The number of esters is 1. The minimum atomic E-state index is -0.268. The van der Waals surface area contributed by atoms with Gasteiger partial charge in [-0.3, -0.25) is 9.69 Å². The number of rotatable bonds is 2. The lowest BCUT2D eigenvalue weighted by molar-refractivity contribution is -0.139. The van der Waals surface area contributed by atoms with E-state index >= 15 is 0 Å². The maximum atomic E-state index is 10.4. The van der Waals surface area contributed by atoms with Crippen LogP contribution >= 0.6 is 0 Å². The summed E-state index contributed by atoms with van der Waals surface area (Å²) >= 11 is 0. The van der Waals surface area contributed by atoms with Crippen molar-refractivity contribution in [3.8, 4) is 11.8 Å². The molecule has 0 aromatic carbocycles. The van der Waals surface area contributed by atoms with Gasteiger partial charge in [-0.2, -0.15) is 0 Å². The number of hydrogen-bond acceptors (Lipinski definition) is 3. The molecule has 0 aromatic rings. The molecule has 0 atom stereocenters. The highest BCUT2D eigenvalue weighted by atomic mass is 16.5. The van der Waals surface area contributed by atoms with Crippen molar-refractivity contribution in [1.29, 1.82) is 0 Å². The Morgan fingerprint density at radius 1 is 1.40 bits per heavy atom. The van der Waals surface area contributed by atoms with Crippen molar-refractivity contribution in [2.75, 3.05) is 26.2 Å². The molecule has 0 spiro atoms. The van der Waals surface area contributed by atoms with E-state index in [2.05, 4.69) is 23.7 Å². The second-order valence-electron chi connectivity index (χ2n) is 4.09. The summed E-state index contributed by atoms with van der Waals surface area (Å²) in [6.07, 6.45) is 2.54. The molecule has 1 heterocycles. The maximum Gasteiger partial charge on any atom is 0.303 e. The van der Waals surface area contributed by atoms with E-state index in [4.69, 9.17) is 4.74 Å². The molecule has 0 amide bonds. The van der Waals surface area contributed by atoms with Crippen molar-refractivity contribution >= 4 is 5.97 Å². The number of carbonyl (C=O) groups excluding carboxylic acids is 1. The average molecular weight is 209 g/mol. The summed E-state index contributed by atoms with van der Waals surface area (Å²) in [6, 6.07) is 0. The zero-order chi connectivity index (χ0) is 11.1. The minimum Gasteiger partial charge on any atom is -0.453 e. The quantitative estimate of drug-likeness (QED) is 0.507. The van der Waals surface area contributed by atoms with E-state index in [0.717, 1.165) is 25.6 Å². The molecule has 1 aliphatic heterocycles. The molecule has 15 heavy (non-hydrogen) atoms. The van der Waals surface area contributed by atoms with Gasteiger partial charge in [-0.05, 0) is 31.8 Å². The molecule has 3 nitrogen and oxygen atoms in total. The van der Waals surface area contributed by atoms with Gasteiger partial charge >= 0.3 is 5.97 Å². The van der Waals surface area contributed by atoms with Gasteiger partial charge in [-0.15, -0.1) is 0 Å². The van der Waals surface area contributed by atoms with Crippen molar-refractivity contribution in [1.82, 2.24) is 4.90 Å². The van der Waals surface area contributed by atoms with Crippen LogP contribution in [0.25, 0.3) is 0 Å². The van der Waals surface area contributed by atoms with E-state index in [0.29, 0.717) is 0 Å². The first-order chi connectivity index (χ1) is 7.18. The summed E-state index contributed by atoms with van der Waals surface area (Å²) in [5.74, 6) is 6.45. The number of ether oxygens (including phenoxy) is 1. The third-order valence-electron chi connectivity index (χ3n) is 2.65. The molecule has 0 aliphatic carbocycles. The minimum absolute atomic E-state index is 0.222. The number of nitrogens with zero attached hydrogens (tertiary/aromatic N) is 1. The van der Waals surface area contributed by atoms with Gasteiger partial charge in [0.25, 0.3) is 0 Å². The van der Waals surface area contributed by atoms with Gasteiger partial charge in [0, 0.05) is 6.92 Å². The molecule has 84 valence electrons. The van der Waals surface area contributed by atoms with Crippen molar-refractivity contribution in [2.24, 2.45) is 5.92 Å². The van der Waals surface area contributed by atoms with Crippen LogP contribution in [0.5, 0.6) is 0 Å². The molecule has 0 radical (unpaired) electrons. The highest BCUT2D eigenvalue weighted by Gasteiger charge is 2.13. The van der Waals surface area contributed by atoms with Crippen molar-refractivity contribution in [3.63, 3.8) is 0 Å². The van der Waals surface area contributed by atoms with Crippen LogP contribution in [-0.4, -0.2) is 37.1 Å². The smallest absolute Gasteiger partial charge is 0.303 e. The zero-order valence-corrected chi connectivity index (χ0v) is 9.58. The molecule has 1 rings (SSSR count). The van der Waals surface area contributed by atoms with Gasteiger partial charge in [0.05, 0.1) is 6.54 Å². The lowest BCUT2D eigenvalue weighted by atomic mass is 9.99. The number of carbonyl (C=O) groups is 1. The Bertz CT molecular complexity index is 257. The van der Waals surface area contributed by atoms with E-state index in [-0.39, 0.29) is 12.6 Å². The monoisotopic (exact) mass is 209 g/mol. The Hall–Kier alpha value is -1.01. The van der Waals surface area contributed by atoms with Crippen LogP contribution in [0.2, 0.25) is 0 Å². The lowest BCUT2D eigenvalue weighted by Gasteiger charge is -2.28. The molecule has 0 saturated carbocycles. The van der Waals surface area contributed by atoms with Gasteiger partial charge in [0.1, 0.15) is 0 Å². The third kappa shape index (κ3) is 5.44. The van der Waals surface area contributed by atoms with E-state index < -0.39 is 0 Å². The summed E-state index contributed by atoms with van der Waals surface area (Å²) in [6.45, 7) is 7.00. The van der Waals surface area contributed by atoms with Gasteiger partial charge in [0.2, 0.25) is 0 Å². The van der Waals surface area contributed by atoms with Crippen molar-refractivity contribution in [3.05, 3.63) is 0 Å². The molecule has 0 N–H and O–H groups in total. The van der Waals surface area contributed by atoms with E-state index in [1.54, 1.807) is 0 Å². The van der Waals surface area contributed by atoms with E-state index in [1.807, 2.05) is 0 Å². The fraction of sp³-hybridized carbons (Fsp3) is 0.750. The highest BCUT2D eigenvalue weighted by molar-refractivity contribution is 5.66. The largest absolute Gasteiger partial charge is 0.453 e. The Labute approximate surface area is 91.8 Å². The Balaban J connectivity index is 2.11. The van der Waals surface area contributed by atoms with Gasteiger partial charge < -0.3 is 4.74 Å². The van der Waals surface area contributed by atoms with Crippen LogP contribution in [0, 0.1) is 17.8 Å². The predicted molar refractivity (Wildman–Crippen MR) is 59.2 cm³/mol. The van der Waals surface area contributed by atoms with Crippen molar-refractivity contribution < 1.29 is 9.53 Å². The van der Waals surface area contributed by atoms with Crippen LogP contribution in [-0.2, 0) is 9.53 Å². The molecule has 1 aliphatic rings. The Morgan fingerprint density at radius 3 is 2.67 bits per heavy atom. The second-order valence-corrected chi connectivity index (χ2v) is 4.09. The zero-order valence-electron chi connectivity index (χ0n) is 9.58. The summed E-state index contributed by atoms with van der Waals surface area (Å²) in [5.41, 5.74) is 0. The summed E-state index contributed by atoms with van der Waals surface area (Å²) < 4.78 is 4.72. The van der Waals surface area contributed by atoms with Crippen LogP contribution in [0.3, 0.4) is 0 Å². The van der Waals surface area contributed by atoms with Gasteiger partial charge in [0.15, 0.2) is 6.61 Å². The van der Waals surface area contributed by atoms with Gasteiger partial charge in [-0.25, -0.2) is 0 Å². The summed E-state index contributed by atoms with van der Waals surface area (Å²) in [7, 11) is 0. The van der Waals surface area contributed by atoms with Crippen LogP contribution in [0.1, 0.15) is 26.7 Å². The van der Waals surface area contributed by atoms with Crippen LogP contribution in [0.15, 0.2) is 0 Å². The fourth-order valence-corrected chi connectivity index (χ4v) is 1.58. The van der Waals surface area contributed by atoms with Crippen LogP contribution < -0.4 is 0 Å².